The molecule has 0 saturated heterocycles. The molecular formula is C13H18BrN. The van der Waals surface area contributed by atoms with E-state index in [9.17, 15) is 0 Å². The average Bonchev–Trinajstić information content (AvgIpc) is 2.24. The van der Waals surface area contributed by atoms with Gasteiger partial charge >= 0.3 is 0 Å². The maximum absolute atomic E-state index is 6.27. The van der Waals surface area contributed by atoms with Crippen LogP contribution < -0.4 is 5.73 Å². The maximum Gasteiger partial charge on any atom is 0.0303 e. The van der Waals surface area contributed by atoms with Gasteiger partial charge in [0, 0.05) is 10.5 Å². The molecule has 1 aromatic carbocycles. The highest BCUT2D eigenvalue weighted by molar-refractivity contribution is 9.10. The summed E-state index contributed by atoms with van der Waals surface area (Å²) in [5.41, 5.74) is 9.39. The molecule has 1 unspecified atom stereocenters. The summed E-state index contributed by atoms with van der Waals surface area (Å²) in [6.45, 7) is 4.63. The number of fused-ring (bicyclic) bond motifs is 1. The SMILES string of the molecule is CC1(C)CCc2ccc(Br)cc2C(N)C1. The Balaban J connectivity index is 2.40. The summed E-state index contributed by atoms with van der Waals surface area (Å²) in [7, 11) is 0. The van der Waals surface area contributed by atoms with E-state index >= 15 is 0 Å². The summed E-state index contributed by atoms with van der Waals surface area (Å²) in [6.07, 6.45) is 3.47. The molecule has 2 heteroatoms. The summed E-state index contributed by atoms with van der Waals surface area (Å²) in [6, 6.07) is 6.70. The van der Waals surface area contributed by atoms with Gasteiger partial charge in [0.25, 0.3) is 0 Å². The van der Waals surface area contributed by atoms with Crippen molar-refractivity contribution in [3.8, 4) is 0 Å². The number of hydrogen-bond acceptors (Lipinski definition) is 1. The van der Waals surface area contributed by atoms with Gasteiger partial charge in [0.2, 0.25) is 0 Å². The quantitative estimate of drug-likeness (QED) is 0.711. The topological polar surface area (TPSA) is 26.0 Å². The molecule has 0 fully saturated rings. The van der Waals surface area contributed by atoms with E-state index < -0.39 is 0 Å². The number of aryl methyl sites for hydroxylation is 1. The number of rotatable bonds is 0. The lowest BCUT2D eigenvalue weighted by Crippen LogP contribution is -2.19. The first kappa shape index (κ1) is 11.2. The van der Waals surface area contributed by atoms with Crippen LogP contribution in [0.15, 0.2) is 22.7 Å². The molecule has 1 aliphatic rings. The third kappa shape index (κ3) is 2.43. The van der Waals surface area contributed by atoms with Gasteiger partial charge < -0.3 is 5.73 Å². The Hall–Kier alpha value is -0.340. The predicted octanol–water partition coefficient (Wildman–Crippen LogP) is 3.81. The zero-order valence-corrected chi connectivity index (χ0v) is 11.0. The fourth-order valence-electron chi connectivity index (χ4n) is 2.42. The normalized spacial score (nSPS) is 24.4. The Bertz CT molecular complexity index is 371. The first-order valence-corrected chi connectivity index (χ1v) is 6.31. The predicted molar refractivity (Wildman–Crippen MR) is 67.8 cm³/mol. The van der Waals surface area contributed by atoms with Crippen molar-refractivity contribution in [2.24, 2.45) is 11.1 Å². The second-order valence-electron chi connectivity index (χ2n) is 5.32. The zero-order chi connectivity index (χ0) is 11.1. The second kappa shape index (κ2) is 3.91. The molecule has 0 amide bonds. The molecule has 0 saturated carbocycles. The minimum Gasteiger partial charge on any atom is -0.324 e. The van der Waals surface area contributed by atoms with Gasteiger partial charge in [0.05, 0.1) is 0 Å². The first-order valence-electron chi connectivity index (χ1n) is 5.52. The molecule has 1 atom stereocenters. The monoisotopic (exact) mass is 267 g/mol. The van der Waals surface area contributed by atoms with Crippen LogP contribution in [0.4, 0.5) is 0 Å². The summed E-state index contributed by atoms with van der Waals surface area (Å²) in [5.74, 6) is 0. The van der Waals surface area contributed by atoms with Crippen LogP contribution in [0.5, 0.6) is 0 Å². The van der Waals surface area contributed by atoms with Crippen LogP contribution in [-0.2, 0) is 6.42 Å². The van der Waals surface area contributed by atoms with E-state index in [0.29, 0.717) is 5.41 Å². The lowest BCUT2D eigenvalue weighted by atomic mass is 9.83. The molecule has 2 rings (SSSR count). The highest BCUT2D eigenvalue weighted by atomic mass is 79.9. The van der Waals surface area contributed by atoms with E-state index in [0.717, 1.165) is 17.3 Å². The van der Waals surface area contributed by atoms with Crippen molar-refractivity contribution in [2.75, 3.05) is 0 Å². The fourth-order valence-corrected chi connectivity index (χ4v) is 2.80. The van der Waals surface area contributed by atoms with Crippen LogP contribution in [0.2, 0.25) is 0 Å². The average molecular weight is 268 g/mol. The van der Waals surface area contributed by atoms with Crippen LogP contribution in [0.25, 0.3) is 0 Å². The van der Waals surface area contributed by atoms with Crippen LogP contribution >= 0.6 is 15.9 Å². The Morgan fingerprint density at radius 3 is 2.87 bits per heavy atom. The highest BCUT2D eigenvalue weighted by Gasteiger charge is 2.27. The summed E-state index contributed by atoms with van der Waals surface area (Å²) >= 11 is 3.52. The van der Waals surface area contributed by atoms with Crippen molar-refractivity contribution in [3.05, 3.63) is 33.8 Å². The van der Waals surface area contributed by atoms with Crippen molar-refractivity contribution in [1.29, 1.82) is 0 Å². The van der Waals surface area contributed by atoms with Gasteiger partial charge in [-0.1, -0.05) is 35.8 Å². The van der Waals surface area contributed by atoms with Gasteiger partial charge in [-0.15, -0.1) is 0 Å². The van der Waals surface area contributed by atoms with Crippen LogP contribution in [0.1, 0.15) is 43.9 Å². The number of halogens is 1. The minimum atomic E-state index is 0.190. The van der Waals surface area contributed by atoms with Gasteiger partial charge in [-0.3, -0.25) is 0 Å². The molecule has 0 aromatic heterocycles. The van der Waals surface area contributed by atoms with Crippen LogP contribution in [0, 0.1) is 5.41 Å². The third-order valence-corrected chi connectivity index (χ3v) is 3.84. The van der Waals surface area contributed by atoms with Gasteiger partial charge in [-0.2, -0.15) is 0 Å². The van der Waals surface area contributed by atoms with Crippen molar-refractivity contribution >= 4 is 15.9 Å². The van der Waals surface area contributed by atoms with Gasteiger partial charge in [0.1, 0.15) is 0 Å². The molecule has 0 bridgehead atoms. The van der Waals surface area contributed by atoms with Crippen molar-refractivity contribution in [3.63, 3.8) is 0 Å². The van der Waals surface area contributed by atoms with E-state index in [-0.39, 0.29) is 6.04 Å². The molecule has 0 heterocycles. The van der Waals surface area contributed by atoms with E-state index in [1.807, 2.05) is 0 Å². The van der Waals surface area contributed by atoms with Crippen molar-refractivity contribution in [1.82, 2.24) is 0 Å². The second-order valence-corrected chi connectivity index (χ2v) is 6.23. The van der Waals surface area contributed by atoms with Crippen molar-refractivity contribution in [2.45, 2.75) is 39.2 Å². The lowest BCUT2D eigenvalue weighted by molar-refractivity contribution is 0.294. The molecule has 1 aromatic rings. The maximum atomic E-state index is 6.27. The number of nitrogens with two attached hydrogens (primary N) is 1. The zero-order valence-electron chi connectivity index (χ0n) is 9.39. The molecule has 0 radical (unpaired) electrons. The summed E-state index contributed by atoms with van der Waals surface area (Å²) in [5, 5.41) is 0. The van der Waals surface area contributed by atoms with Crippen LogP contribution in [-0.4, -0.2) is 0 Å². The number of benzene rings is 1. The Kier molecular flexibility index (Phi) is 2.91. The Labute approximate surface area is 100 Å². The standard InChI is InChI=1S/C13H18BrN/c1-13(2)6-5-9-3-4-10(14)7-11(9)12(15)8-13/h3-4,7,12H,5-6,8,15H2,1-2H3. The third-order valence-electron chi connectivity index (χ3n) is 3.35. The van der Waals surface area contributed by atoms with Crippen LogP contribution in [0.3, 0.4) is 0 Å². The number of hydrogen-bond donors (Lipinski definition) is 1. The smallest absolute Gasteiger partial charge is 0.0303 e. The summed E-state index contributed by atoms with van der Waals surface area (Å²) in [4.78, 5) is 0. The molecule has 1 nitrogen and oxygen atoms in total. The largest absolute Gasteiger partial charge is 0.324 e. The van der Waals surface area contributed by atoms with E-state index in [1.165, 1.54) is 17.5 Å². The van der Waals surface area contributed by atoms with Gasteiger partial charge in [-0.05, 0) is 47.9 Å². The molecule has 1 aliphatic carbocycles. The molecular weight excluding hydrogens is 250 g/mol. The lowest BCUT2D eigenvalue weighted by Gasteiger charge is -2.24. The Morgan fingerprint density at radius 1 is 1.40 bits per heavy atom. The van der Waals surface area contributed by atoms with E-state index in [1.54, 1.807) is 0 Å². The molecule has 0 spiro atoms. The minimum absolute atomic E-state index is 0.190. The molecule has 2 N–H and O–H groups in total. The first-order chi connectivity index (χ1) is 6.98. The highest BCUT2D eigenvalue weighted by Crippen LogP contribution is 2.38. The molecule has 15 heavy (non-hydrogen) atoms. The Morgan fingerprint density at radius 2 is 2.13 bits per heavy atom. The fraction of sp³-hybridized carbons (Fsp3) is 0.538. The van der Waals surface area contributed by atoms with Crippen molar-refractivity contribution < 1.29 is 0 Å². The summed E-state index contributed by atoms with van der Waals surface area (Å²) < 4.78 is 1.14. The van der Waals surface area contributed by atoms with Gasteiger partial charge in [0.15, 0.2) is 0 Å². The molecule has 82 valence electrons. The molecule has 0 aliphatic heterocycles. The van der Waals surface area contributed by atoms with E-state index in [4.69, 9.17) is 5.73 Å². The van der Waals surface area contributed by atoms with E-state index in [2.05, 4.69) is 48.0 Å². The van der Waals surface area contributed by atoms with Gasteiger partial charge in [-0.25, -0.2) is 0 Å².